The molecule has 0 aliphatic heterocycles. The number of hydrogen-bond donors (Lipinski definition) is 0. The summed E-state index contributed by atoms with van der Waals surface area (Å²) >= 11 is 0. The van der Waals surface area contributed by atoms with Crippen LogP contribution >= 0.6 is 0 Å². The summed E-state index contributed by atoms with van der Waals surface area (Å²) in [7, 11) is 0. The lowest BCUT2D eigenvalue weighted by Gasteiger charge is -2.15. The zero-order chi connectivity index (χ0) is 35.8. The van der Waals surface area contributed by atoms with Crippen LogP contribution in [0.2, 0.25) is 0 Å². The van der Waals surface area contributed by atoms with E-state index in [0.717, 1.165) is 94.2 Å². The van der Waals surface area contributed by atoms with Gasteiger partial charge in [0.15, 0.2) is 5.82 Å². The summed E-state index contributed by atoms with van der Waals surface area (Å²) in [4.78, 5) is 20.6. The van der Waals surface area contributed by atoms with E-state index < -0.39 is 0 Å². The molecule has 0 bridgehead atoms. The van der Waals surface area contributed by atoms with E-state index in [1.165, 1.54) is 0 Å². The van der Waals surface area contributed by atoms with Gasteiger partial charge in [-0.3, -0.25) is 4.98 Å². The molecule has 0 saturated heterocycles. The summed E-state index contributed by atoms with van der Waals surface area (Å²) in [6.45, 7) is 0. The highest BCUT2D eigenvalue weighted by Crippen LogP contribution is 2.38. The van der Waals surface area contributed by atoms with E-state index in [1.807, 2.05) is 36.5 Å². The maximum atomic E-state index is 5.39. The molecule has 10 rings (SSSR count). The van der Waals surface area contributed by atoms with Crippen LogP contribution in [0.1, 0.15) is 0 Å². The Morgan fingerprint density at radius 1 is 0.315 bits per heavy atom. The molecule has 0 fully saturated rings. The average Bonchev–Trinajstić information content (AvgIpc) is 3.26. The first-order valence-electron chi connectivity index (χ1n) is 18.1. The zero-order valence-electron chi connectivity index (χ0n) is 29.3. The van der Waals surface area contributed by atoms with Crippen LogP contribution in [0, 0.1) is 0 Å². The number of nitrogens with zero attached hydrogens (tertiary/aromatic N) is 4. The molecule has 252 valence electrons. The van der Waals surface area contributed by atoms with E-state index >= 15 is 0 Å². The molecular weight excluding hydrogens is 657 g/mol. The fourth-order valence-corrected chi connectivity index (χ4v) is 7.44. The van der Waals surface area contributed by atoms with Crippen molar-refractivity contribution < 1.29 is 0 Å². The summed E-state index contributed by atoms with van der Waals surface area (Å²) in [6, 6.07) is 65.5. The van der Waals surface area contributed by atoms with Crippen LogP contribution in [0.25, 0.3) is 100.0 Å². The van der Waals surface area contributed by atoms with E-state index in [1.54, 1.807) is 0 Å². The molecule has 4 heteroatoms. The minimum absolute atomic E-state index is 0.661. The molecule has 0 unspecified atom stereocenters. The van der Waals surface area contributed by atoms with Crippen LogP contribution in [0.4, 0.5) is 0 Å². The number of fused-ring (bicyclic) bond motifs is 4. The summed E-state index contributed by atoms with van der Waals surface area (Å²) < 4.78 is 0. The molecule has 0 spiro atoms. The third-order valence-corrected chi connectivity index (χ3v) is 10.1. The van der Waals surface area contributed by atoms with E-state index in [0.29, 0.717) is 5.82 Å². The van der Waals surface area contributed by atoms with Crippen molar-refractivity contribution in [2.45, 2.75) is 0 Å². The fraction of sp³-hybridized carbons (Fsp3) is 0. The number of benzene rings is 7. The smallest absolute Gasteiger partial charge is 0.160 e. The van der Waals surface area contributed by atoms with Crippen LogP contribution < -0.4 is 0 Å². The molecule has 3 heterocycles. The number of rotatable bonds is 6. The molecule has 0 amide bonds. The topological polar surface area (TPSA) is 51.6 Å². The summed E-state index contributed by atoms with van der Waals surface area (Å²) in [5.41, 5.74) is 11.8. The van der Waals surface area contributed by atoms with Crippen LogP contribution in [-0.2, 0) is 0 Å². The van der Waals surface area contributed by atoms with Crippen molar-refractivity contribution in [1.29, 1.82) is 0 Å². The summed E-state index contributed by atoms with van der Waals surface area (Å²) in [5.74, 6) is 0.661. The van der Waals surface area contributed by atoms with E-state index in [2.05, 4.69) is 163 Å². The van der Waals surface area contributed by atoms with Crippen molar-refractivity contribution >= 4 is 32.4 Å². The molecule has 3 aromatic heterocycles. The van der Waals surface area contributed by atoms with Gasteiger partial charge in [0.05, 0.1) is 28.3 Å². The number of pyridine rings is 2. The first-order chi connectivity index (χ1) is 26.7. The Bertz CT molecular complexity index is 2960. The second kappa shape index (κ2) is 13.4. The summed E-state index contributed by atoms with van der Waals surface area (Å²) in [5, 5.41) is 5.60. The minimum Gasteiger partial charge on any atom is -0.256 e. The predicted molar refractivity (Wildman–Crippen MR) is 223 cm³/mol. The fourth-order valence-electron chi connectivity index (χ4n) is 7.44. The first-order valence-corrected chi connectivity index (χ1v) is 18.1. The Morgan fingerprint density at radius 2 is 0.944 bits per heavy atom. The molecular formula is C50H32N4. The van der Waals surface area contributed by atoms with E-state index in [4.69, 9.17) is 15.0 Å². The van der Waals surface area contributed by atoms with Gasteiger partial charge < -0.3 is 0 Å². The lowest BCUT2D eigenvalue weighted by molar-refractivity contribution is 1.23. The van der Waals surface area contributed by atoms with E-state index in [9.17, 15) is 0 Å². The van der Waals surface area contributed by atoms with E-state index in [-0.39, 0.29) is 0 Å². The number of hydrogen-bond acceptors (Lipinski definition) is 4. The molecule has 0 N–H and O–H groups in total. The van der Waals surface area contributed by atoms with Crippen LogP contribution in [0.5, 0.6) is 0 Å². The Morgan fingerprint density at radius 3 is 1.70 bits per heavy atom. The maximum Gasteiger partial charge on any atom is 0.160 e. The molecule has 0 atom stereocenters. The molecule has 54 heavy (non-hydrogen) atoms. The van der Waals surface area contributed by atoms with Crippen molar-refractivity contribution in [1.82, 2.24) is 19.9 Å². The SMILES string of the molecule is c1ccc(-c2nc(-c3cc(-c4ccc(-c5ccccn5)cc4)cc(-c4nc(-c5ccccc5)c5c(ccc6ccccc65)n4)c3)cc3ccccc23)cc1. The van der Waals surface area contributed by atoms with Gasteiger partial charge in [-0.15, -0.1) is 0 Å². The van der Waals surface area contributed by atoms with Crippen molar-refractivity contribution in [2.24, 2.45) is 0 Å². The second-order valence-corrected chi connectivity index (χ2v) is 13.5. The highest BCUT2D eigenvalue weighted by molar-refractivity contribution is 6.12. The molecule has 7 aromatic carbocycles. The lowest BCUT2D eigenvalue weighted by atomic mass is 9.95. The minimum atomic E-state index is 0.661. The van der Waals surface area contributed by atoms with Gasteiger partial charge >= 0.3 is 0 Å². The Kier molecular flexibility index (Phi) is 7.77. The standard InChI is InChI=1S/C50H32N4/c1-3-14-36(15-4-1)48-43-20-10-8-18-38(43)32-46(52-48)40-29-39(33-22-24-35(25-23-33)44-21-11-12-28-51-44)30-41(31-40)50-53-45-27-26-34-13-7-9-19-42(34)47(45)49(54-50)37-16-5-2-6-17-37/h1-32H. The lowest BCUT2D eigenvalue weighted by Crippen LogP contribution is -1.97. The molecule has 10 aromatic rings. The molecule has 0 saturated carbocycles. The molecule has 0 aliphatic rings. The highest BCUT2D eigenvalue weighted by atomic mass is 14.9. The average molecular weight is 689 g/mol. The van der Waals surface area contributed by atoms with Crippen molar-refractivity contribution in [3.05, 3.63) is 194 Å². The zero-order valence-corrected chi connectivity index (χ0v) is 29.3. The second-order valence-electron chi connectivity index (χ2n) is 13.5. The van der Waals surface area contributed by atoms with Crippen LogP contribution in [0.3, 0.4) is 0 Å². The molecule has 4 nitrogen and oxygen atoms in total. The predicted octanol–water partition coefficient (Wildman–Crippen LogP) is 12.7. The summed E-state index contributed by atoms with van der Waals surface area (Å²) in [6.07, 6.45) is 1.83. The molecule has 0 aliphatic carbocycles. The van der Waals surface area contributed by atoms with Gasteiger partial charge in [0.2, 0.25) is 0 Å². The largest absolute Gasteiger partial charge is 0.256 e. The highest BCUT2D eigenvalue weighted by Gasteiger charge is 2.18. The Balaban J connectivity index is 1.21. The maximum absolute atomic E-state index is 5.39. The van der Waals surface area contributed by atoms with Gasteiger partial charge in [0.1, 0.15) is 0 Å². The van der Waals surface area contributed by atoms with Gasteiger partial charge in [-0.05, 0) is 69.8 Å². The van der Waals surface area contributed by atoms with Crippen LogP contribution in [-0.4, -0.2) is 19.9 Å². The third-order valence-electron chi connectivity index (χ3n) is 10.1. The van der Waals surface area contributed by atoms with Gasteiger partial charge in [0, 0.05) is 44.8 Å². The Labute approximate surface area is 313 Å². The van der Waals surface area contributed by atoms with Gasteiger partial charge in [0.25, 0.3) is 0 Å². The normalized spacial score (nSPS) is 11.3. The van der Waals surface area contributed by atoms with Gasteiger partial charge in [-0.2, -0.15) is 0 Å². The third kappa shape index (κ3) is 5.76. The van der Waals surface area contributed by atoms with Gasteiger partial charge in [-0.1, -0.05) is 146 Å². The van der Waals surface area contributed by atoms with Gasteiger partial charge in [-0.25, -0.2) is 15.0 Å². The Hall–Kier alpha value is -7.30. The van der Waals surface area contributed by atoms with Crippen molar-refractivity contribution in [3.8, 4) is 67.5 Å². The monoisotopic (exact) mass is 688 g/mol. The quantitative estimate of drug-likeness (QED) is 0.163. The van der Waals surface area contributed by atoms with Crippen molar-refractivity contribution in [3.63, 3.8) is 0 Å². The number of aromatic nitrogens is 4. The first kappa shape index (κ1) is 31.4. The van der Waals surface area contributed by atoms with Crippen LogP contribution in [0.15, 0.2) is 194 Å². The van der Waals surface area contributed by atoms with Crippen molar-refractivity contribution in [2.75, 3.05) is 0 Å². The molecule has 0 radical (unpaired) electrons.